The average Bonchev–Trinajstić information content (AvgIpc) is 2.45. The molecule has 0 N–H and O–H groups in total. The maximum Gasteiger partial charge on any atom is 0.260 e. The van der Waals surface area contributed by atoms with Crippen molar-refractivity contribution in [2.24, 2.45) is 0 Å². The van der Waals surface area contributed by atoms with Gasteiger partial charge in [0.1, 0.15) is 11.5 Å². The van der Waals surface area contributed by atoms with E-state index in [4.69, 9.17) is 4.74 Å². The van der Waals surface area contributed by atoms with Crippen molar-refractivity contribution >= 4 is 11.7 Å². The van der Waals surface area contributed by atoms with Gasteiger partial charge in [0.05, 0.1) is 0 Å². The molecular weight excluding hydrogens is 242 g/mol. The third-order valence-electron chi connectivity index (χ3n) is 3.38. The van der Waals surface area contributed by atoms with Gasteiger partial charge in [0.15, 0.2) is 6.61 Å². The third-order valence-corrected chi connectivity index (χ3v) is 3.38. The number of aryl methyl sites for hydroxylation is 1. The van der Waals surface area contributed by atoms with Crippen LogP contribution < -0.4 is 4.74 Å². The normalized spacial score (nSPS) is 15.4. The smallest absolute Gasteiger partial charge is 0.260 e. The van der Waals surface area contributed by atoms with Gasteiger partial charge in [-0.25, -0.2) is 0 Å². The van der Waals surface area contributed by atoms with Crippen molar-refractivity contribution in [2.45, 2.75) is 26.2 Å². The predicted molar refractivity (Wildman–Crippen MR) is 72.1 cm³/mol. The summed E-state index contributed by atoms with van der Waals surface area (Å²) in [6.45, 7) is 3.15. The standard InChI is InChI=1S/C15H19NO3/c1-2-12-5-3-4-6-14(12)19-11-15(18)16-9-7-13(17)8-10-16/h3-6H,2,7-11H2,1H3. The number of piperidine rings is 1. The Balaban J connectivity index is 1.88. The summed E-state index contributed by atoms with van der Waals surface area (Å²) >= 11 is 0. The summed E-state index contributed by atoms with van der Waals surface area (Å²) in [5.74, 6) is 0.964. The van der Waals surface area contributed by atoms with E-state index in [1.807, 2.05) is 24.3 Å². The van der Waals surface area contributed by atoms with Crippen LogP contribution in [0, 0.1) is 0 Å². The second-order valence-corrected chi connectivity index (χ2v) is 4.67. The van der Waals surface area contributed by atoms with E-state index in [2.05, 4.69) is 6.92 Å². The largest absolute Gasteiger partial charge is 0.483 e. The zero-order chi connectivity index (χ0) is 13.7. The molecule has 0 radical (unpaired) electrons. The molecule has 0 aromatic heterocycles. The van der Waals surface area contributed by atoms with Crippen LogP contribution in [0.2, 0.25) is 0 Å². The van der Waals surface area contributed by atoms with Crippen molar-refractivity contribution in [1.29, 1.82) is 0 Å². The van der Waals surface area contributed by atoms with Crippen molar-refractivity contribution < 1.29 is 14.3 Å². The molecular formula is C15H19NO3. The van der Waals surface area contributed by atoms with Gasteiger partial charge < -0.3 is 9.64 Å². The highest BCUT2D eigenvalue weighted by Gasteiger charge is 2.21. The number of hydrogen-bond acceptors (Lipinski definition) is 3. The summed E-state index contributed by atoms with van der Waals surface area (Å²) in [4.78, 5) is 24.8. The number of Topliss-reactive ketones (excluding diaryl/α,β-unsaturated/α-hetero) is 1. The molecule has 0 bridgehead atoms. The molecule has 0 aliphatic carbocycles. The maximum atomic E-state index is 12.0. The van der Waals surface area contributed by atoms with Crippen molar-refractivity contribution in [1.82, 2.24) is 4.90 Å². The van der Waals surface area contributed by atoms with E-state index < -0.39 is 0 Å². The van der Waals surface area contributed by atoms with Crippen LogP contribution in [0.5, 0.6) is 5.75 Å². The highest BCUT2D eigenvalue weighted by Crippen LogP contribution is 2.18. The summed E-state index contributed by atoms with van der Waals surface area (Å²) < 4.78 is 5.59. The molecule has 1 saturated heterocycles. The van der Waals surface area contributed by atoms with Gasteiger partial charge in [-0.05, 0) is 18.1 Å². The Bertz CT molecular complexity index is 460. The molecule has 1 aliphatic heterocycles. The molecule has 1 aliphatic rings. The van der Waals surface area contributed by atoms with Crippen molar-refractivity contribution in [2.75, 3.05) is 19.7 Å². The van der Waals surface area contributed by atoms with E-state index in [1.165, 1.54) is 0 Å². The molecule has 102 valence electrons. The van der Waals surface area contributed by atoms with Crippen LogP contribution in [0.15, 0.2) is 24.3 Å². The summed E-state index contributed by atoms with van der Waals surface area (Å²) in [7, 11) is 0. The van der Waals surface area contributed by atoms with Gasteiger partial charge in [-0.2, -0.15) is 0 Å². The lowest BCUT2D eigenvalue weighted by Crippen LogP contribution is -2.41. The minimum atomic E-state index is -0.0431. The number of ether oxygens (including phenoxy) is 1. The van der Waals surface area contributed by atoms with E-state index in [0.717, 1.165) is 17.7 Å². The predicted octanol–water partition coefficient (Wildman–Crippen LogP) is 1.82. The lowest BCUT2D eigenvalue weighted by Gasteiger charge is -2.26. The number of nitrogens with zero attached hydrogens (tertiary/aromatic N) is 1. The Labute approximate surface area is 113 Å². The van der Waals surface area contributed by atoms with Gasteiger partial charge in [0.25, 0.3) is 5.91 Å². The van der Waals surface area contributed by atoms with Crippen molar-refractivity contribution in [3.63, 3.8) is 0 Å². The number of carbonyl (C=O) groups is 2. The highest BCUT2D eigenvalue weighted by atomic mass is 16.5. The molecule has 4 heteroatoms. The first-order valence-electron chi connectivity index (χ1n) is 6.71. The monoisotopic (exact) mass is 261 g/mol. The lowest BCUT2D eigenvalue weighted by molar-refractivity contribution is -0.136. The van der Waals surface area contributed by atoms with E-state index in [0.29, 0.717) is 25.9 Å². The molecule has 1 heterocycles. The van der Waals surface area contributed by atoms with Gasteiger partial charge in [-0.3, -0.25) is 9.59 Å². The fourth-order valence-electron chi connectivity index (χ4n) is 2.17. The molecule has 0 unspecified atom stereocenters. The fraction of sp³-hybridized carbons (Fsp3) is 0.467. The molecule has 1 aromatic rings. The molecule has 1 fully saturated rings. The number of benzene rings is 1. The number of likely N-dealkylation sites (tertiary alicyclic amines) is 1. The second-order valence-electron chi connectivity index (χ2n) is 4.67. The first kappa shape index (κ1) is 13.6. The SMILES string of the molecule is CCc1ccccc1OCC(=O)N1CCC(=O)CC1. The van der Waals surface area contributed by atoms with E-state index >= 15 is 0 Å². The van der Waals surface area contributed by atoms with Crippen LogP contribution >= 0.6 is 0 Å². The van der Waals surface area contributed by atoms with E-state index in [1.54, 1.807) is 4.90 Å². The maximum absolute atomic E-state index is 12.0. The summed E-state index contributed by atoms with van der Waals surface area (Å²) in [6, 6.07) is 7.74. The van der Waals surface area contributed by atoms with Crippen LogP contribution in [0.25, 0.3) is 0 Å². The van der Waals surface area contributed by atoms with Crippen molar-refractivity contribution in [3.05, 3.63) is 29.8 Å². The summed E-state index contributed by atoms with van der Waals surface area (Å²) in [5.41, 5.74) is 1.10. The number of para-hydroxylation sites is 1. The Morgan fingerprint density at radius 2 is 1.95 bits per heavy atom. The van der Waals surface area contributed by atoms with Gasteiger partial charge in [0.2, 0.25) is 0 Å². The fourth-order valence-corrected chi connectivity index (χ4v) is 2.17. The number of carbonyl (C=O) groups excluding carboxylic acids is 2. The van der Waals surface area contributed by atoms with Crippen LogP contribution in [-0.4, -0.2) is 36.3 Å². The average molecular weight is 261 g/mol. The van der Waals surface area contributed by atoms with E-state index in [9.17, 15) is 9.59 Å². The van der Waals surface area contributed by atoms with Crippen LogP contribution in [0.1, 0.15) is 25.3 Å². The molecule has 0 atom stereocenters. The lowest BCUT2D eigenvalue weighted by atomic mass is 10.1. The second kappa shape index (κ2) is 6.36. The molecule has 0 saturated carbocycles. The molecule has 1 aromatic carbocycles. The van der Waals surface area contributed by atoms with Gasteiger partial charge in [0, 0.05) is 25.9 Å². The Morgan fingerprint density at radius 1 is 1.26 bits per heavy atom. The summed E-state index contributed by atoms with van der Waals surface area (Å²) in [6.07, 6.45) is 1.82. The molecule has 4 nitrogen and oxygen atoms in total. The number of ketones is 1. The first-order valence-corrected chi connectivity index (χ1v) is 6.71. The van der Waals surface area contributed by atoms with Crippen LogP contribution in [0.3, 0.4) is 0 Å². The van der Waals surface area contributed by atoms with Gasteiger partial charge in [-0.15, -0.1) is 0 Å². The van der Waals surface area contributed by atoms with Crippen LogP contribution in [-0.2, 0) is 16.0 Å². The van der Waals surface area contributed by atoms with Crippen LogP contribution in [0.4, 0.5) is 0 Å². The number of rotatable bonds is 4. The first-order chi connectivity index (χ1) is 9.20. The molecule has 19 heavy (non-hydrogen) atoms. The summed E-state index contributed by atoms with van der Waals surface area (Å²) in [5, 5.41) is 0. The van der Waals surface area contributed by atoms with E-state index in [-0.39, 0.29) is 18.3 Å². The Hall–Kier alpha value is -1.84. The topological polar surface area (TPSA) is 46.6 Å². The molecule has 1 amide bonds. The highest BCUT2D eigenvalue weighted by molar-refractivity contribution is 5.84. The Morgan fingerprint density at radius 3 is 2.63 bits per heavy atom. The van der Waals surface area contributed by atoms with Crippen molar-refractivity contribution in [3.8, 4) is 5.75 Å². The molecule has 0 spiro atoms. The molecule has 2 rings (SSSR count). The zero-order valence-corrected chi connectivity index (χ0v) is 11.2. The minimum absolute atomic E-state index is 0.0431. The third kappa shape index (κ3) is 3.56. The Kier molecular flexibility index (Phi) is 4.55. The zero-order valence-electron chi connectivity index (χ0n) is 11.2. The number of hydrogen-bond donors (Lipinski definition) is 0. The van der Waals surface area contributed by atoms with Gasteiger partial charge >= 0.3 is 0 Å². The van der Waals surface area contributed by atoms with Gasteiger partial charge in [-0.1, -0.05) is 25.1 Å². The quantitative estimate of drug-likeness (QED) is 0.830. The minimum Gasteiger partial charge on any atom is -0.483 e. The number of amides is 1.